The Morgan fingerprint density at radius 1 is 1.03 bits per heavy atom. The molecule has 5 rings (SSSR count). The Balaban J connectivity index is 1.71. The van der Waals surface area contributed by atoms with Crippen molar-refractivity contribution in [1.82, 2.24) is 4.90 Å². The number of amides is 2. The SMILES string of the molecule is CCCN1C(=O)C2CC=C3C(c4cc(OC)c(O)c(OC)c4)C4=C(CC3C2C1=O)C(=O)C(C)=CC4=O. The lowest BCUT2D eigenvalue weighted by Crippen LogP contribution is -2.39. The Bertz CT molecular complexity index is 1280. The second kappa shape index (κ2) is 8.76. The summed E-state index contributed by atoms with van der Waals surface area (Å²) in [6, 6.07) is 3.27. The summed E-state index contributed by atoms with van der Waals surface area (Å²) in [5, 5.41) is 10.5. The summed E-state index contributed by atoms with van der Waals surface area (Å²) in [5.41, 5.74) is 2.59. The second-order valence-electron chi connectivity index (χ2n) is 9.83. The van der Waals surface area contributed by atoms with Crippen molar-refractivity contribution in [2.45, 2.75) is 39.0 Å². The Hall–Kier alpha value is -3.68. The van der Waals surface area contributed by atoms with E-state index in [9.17, 15) is 24.3 Å². The second-order valence-corrected chi connectivity index (χ2v) is 9.83. The fourth-order valence-electron chi connectivity index (χ4n) is 6.35. The lowest BCUT2D eigenvalue weighted by Gasteiger charge is -2.42. The highest BCUT2D eigenvalue weighted by molar-refractivity contribution is 6.23. The van der Waals surface area contributed by atoms with Crippen LogP contribution in [0.15, 0.2) is 46.6 Å². The van der Waals surface area contributed by atoms with Crippen LogP contribution in [0, 0.1) is 17.8 Å². The molecular weight excluding hydrogens is 462 g/mol. The third kappa shape index (κ3) is 3.34. The minimum Gasteiger partial charge on any atom is -0.502 e. The molecule has 0 radical (unpaired) electrons. The lowest BCUT2D eigenvalue weighted by molar-refractivity contribution is -0.140. The molecule has 1 aliphatic heterocycles. The minimum absolute atomic E-state index is 0.159. The minimum atomic E-state index is -0.632. The topological polar surface area (TPSA) is 110 Å². The number of likely N-dealkylation sites (tertiary alicyclic amines) is 1. The zero-order valence-electron chi connectivity index (χ0n) is 20.8. The number of phenols is 1. The first-order valence-corrected chi connectivity index (χ1v) is 12.2. The molecule has 1 heterocycles. The van der Waals surface area contributed by atoms with E-state index < -0.39 is 17.8 Å². The van der Waals surface area contributed by atoms with Crippen LogP contribution in [0.1, 0.15) is 44.6 Å². The molecule has 1 aromatic rings. The number of allylic oxidation sites excluding steroid dienone is 6. The number of nitrogens with zero attached hydrogens (tertiary/aromatic N) is 1. The van der Waals surface area contributed by atoms with Gasteiger partial charge in [-0.3, -0.25) is 24.1 Å². The van der Waals surface area contributed by atoms with E-state index in [0.717, 1.165) is 5.57 Å². The average Bonchev–Trinajstić information content (AvgIpc) is 3.11. The largest absolute Gasteiger partial charge is 0.502 e. The van der Waals surface area contributed by atoms with Crippen molar-refractivity contribution < 1.29 is 33.8 Å². The molecule has 4 unspecified atom stereocenters. The highest BCUT2D eigenvalue weighted by Crippen LogP contribution is 2.56. The lowest BCUT2D eigenvalue weighted by atomic mass is 9.59. The van der Waals surface area contributed by atoms with Gasteiger partial charge in [-0.1, -0.05) is 18.6 Å². The fourth-order valence-corrected chi connectivity index (χ4v) is 6.35. The summed E-state index contributed by atoms with van der Waals surface area (Å²) in [6.07, 6.45) is 4.63. The molecule has 4 atom stereocenters. The first-order chi connectivity index (χ1) is 17.2. The summed E-state index contributed by atoms with van der Waals surface area (Å²) < 4.78 is 10.7. The molecule has 1 N–H and O–H groups in total. The number of benzene rings is 1. The van der Waals surface area contributed by atoms with E-state index in [1.807, 2.05) is 13.0 Å². The van der Waals surface area contributed by atoms with Crippen molar-refractivity contribution in [2.24, 2.45) is 17.8 Å². The number of Topliss-reactive ketones (excluding diaryl/α,β-unsaturated/α-hetero) is 1. The summed E-state index contributed by atoms with van der Waals surface area (Å²) in [7, 11) is 2.84. The number of hydrogen-bond acceptors (Lipinski definition) is 7. The molecule has 188 valence electrons. The number of methoxy groups -OCH3 is 2. The van der Waals surface area contributed by atoms with Gasteiger partial charge in [0.2, 0.25) is 17.6 Å². The Morgan fingerprint density at radius 2 is 1.69 bits per heavy atom. The number of carbonyl (C=O) groups excluding carboxylic acids is 4. The van der Waals surface area contributed by atoms with Crippen LogP contribution >= 0.6 is 0 Å². The normalized spacial score (nSPS) is 27.4. The molecule has 4 aliphatic rings. The van der Waals surface area contributed by atoms with Crippen LogP contribution in [-0.2, 0) is 19.2 Å². The third-order valence-electron chi connectivity index (χ3n) is 7.94. The van der Waals surface area contributed by atoms with Gasteiger partial charge < -0.3 is 14.6 Å². The van der Waals surface area contributed by atoms with E-state index in [-0.39, 0.29) is 53.0 Å². The zero-order chi connectivity index (χ0) is 25.9. The maximum Gasteiger partial charge on any atom is 0.233 e. The van der Waals surface area contributed by atoms with Gasteiger partial charge in [-0.15, -0.1) is 0 Å². The molecule has 0 bridgehead atoms. The summed E-state index contributed by atoms with van der Waals surface area (Å²) >= 11 is 0. The number of aromatic hydroxyl groups is 1. The molecular formula is C28H29NO7. The monoisotopic (exact) mass is 491 g/mol. The van der Waals surface area contributed by atoms with Gasteiger partial charge in [0.15, 0.2) is 23.1 Å². The standard InChI is InChI=1S/C28H29NO7/c1-5-8-29-27(33)16-7-6-15-17(23(16)28(29)34)12-18-24(19(30)9-13(2)25(18)31)22(15)14-10-20(35-3)26(32)21(11-14)36-4/h6,9-11,16-17,22-23,32H,5,7-8,12H2,1-4H3. The van der Waals surface area contributed by atoms with Crippen molar-refractivity contribution in [1.29, 1.82) is 0 Å². The summed E-state index contributed by atoms with van der Waals surface area (Å²) in [6.45, 7) is 3.91. The van der Waals surface area contributed by atoms with Crippen LogP contribution < -0.4 is 9.47 Å². The fraction of sp³-hybridized carbons (Fsp3) is 0.429. The van der Waals surface area contributed by atoms with Gasteiger partial charge in [-0.2, -0.15) is 0 Å². The third-order valence-corrected chi connectivity index (χ3v) is 7.94. The van der Waals surface area contributed by atoms with Crippen LogP contribution in [0.3, 0.4) is 0 Å². The summed E-state index contributed by atoms with van der Waals surface area (Å²) in [4.78, 5) is 54.6. The van der Waals surface area contributed by atoms with Crippen molar-refractivity contribution in [3.63, 3.8) is 0 Å². The molecule has 0 spiro atoms. The van der Waals surface area contributed by atoms with E-state index >= 15 is 0 Å². The molecule has 8 nitrogen and oxygen atoms in total. The van der Waals surface area contributed by atoms with Gasteiger partial charge in [-0.05, 0) is 55.9 Å². The predicted molar refractivity (Wildman–Crippen MR) is 130 cm³/mol. The van der Waals surface area contributed by atoms with Gasteiger partial charge >= 0.3 is 0 Å². The van der Waals surface area contributed by atoms with Gasteiger partial charge in [0.05, 0.1) is 26.1 Å². The predicted octanol–water partition coefficient (Wildman–Crippen LogP) is 3.25. The first kappa shape index (κ1) is 24.0. The summed E-state index contributed by atoms with van der Waals surface area (Å²) in [5.74, 6) is -2.71. The molecule has 1 fully saturated rings. The molecule has 0 saturated carbocycles. The van der Waals surface area contributed by atoms with Crippen LogP contribution in [0.2, 0.25) is 0 Å². The number of fused-ring (bicyclic) bond motifs is 3. The zero-order valence-corrected chi connectivity index (χ0v) is 20.8. The van der Waals surface area contributed by atoms with Crippen molar-refractivity contribution in [3.8, 4) is 17.2 Å². The number of ether oxygens (including phenoxy) is 2. The van der Waals surface area contributed by atoms with Gasteiger partial charge in [0.1, 0.15) is 0 Å². The number of hydrogen-bond donors (Lipinski definition) is 1. The van der Waals surface area contributed by atoms with E-state index in [0.29, 0.717) is 41.7 Å². The maximum atomic E-state index is 13.5. The van der Waals surface area contributed by atoms with Crippen molar-refractivity contribution in [2.75, 3.05) is 20.8 Å². The van der Waals surface area contributed by atoms with Crippen molar-refractivity contribution in [3.05, 3.63) is 52.1 Å². The van der Waals surface area contributed by atoms with Gasteiger partial charge in [-0.25, -0.2) is 0 Å². The van der Waals surface area contributed by atoms with Crippen LogP contribution in [0.5, 0.6) is 17.2 Å². The number of phenolic OH excluding ortho intramolecular Hbond substituents is 1. The van der Waals surface area contributed by atoms with E-state index in [4.69, 9.17) is 9.47 Å². The number of ketones is 2. The smallest absolute Gasteiger partial charge is 0.233 e. The number of rotatable bonds is 5. The molecule has 2 amide bonds. The van der Waals surface area contributed by atoms with Crippen LogP contribution in [0.25, 0.3) is 0 Å². The van der Waals surface area contributed by atoms with E-state index in [1.54, 1.807) is 19.1 Å². The Morgan fingerprint density at radius 3 is 2.31 bits per heavy atom. The molecule has 3 aliphatic carbocycles. The van der Waals surface area contributed by atoms with E-state index in [1.165, 1.54) is 25.2 Å². The highest BCUT2D eigenvalue weighted by atomic mass is 16.5. The van der Waals surface area contributed by atoms with Gasteiger partial charge in [0, 0.05) is 29.2 Å². The molecule has 1 aromatic carbocycles. The quantitative estimate of drug-likeness (QED) is 0.382. The average molecular weight is 492 g/mol. The van der Waals surface area contributed by atoms with Crippen LogP contribution in [0.4, 0.5) is 0 Å². The Labute approximate surface area is 209 Å². The Kier molecular flexibility index (Phi) is 5.85. The molecule has 8 heteroatoms. The number of imide groups is 1. The molecule has 1 saturated heterocycles. The van der Waals surface area contributed by atoms with Gasteiger partial charge in [0.25, 0.3) is 0 Å². The van der Waals surface area contributed by atoms with Crippen molar-refractivity contribution >= 4 is 23.4 Å². The number of carbonyl (C=O) groups is 4. The molecule has 0 aromatic heterocycles. The molecule has 36 heavy (non-hydrogen) atoms. The maximum absolute atomic E-state index is 13.5. The highest BCUT2D eigenvalue weighted by Gasteiger charge is 2.56. The van der Waals surface area contributed by atoms with Crippen LogP contribution in [-0.4, -0.2) is 54.2 Å². The van der Waals surface area contributed by atoms with E-state index in [2.05, 4.69) is 0 Å². The first-order valence-electron chi connectivity index (χ1n) is 12.2.